The van der Waals surface area contributed by atoms with E-state index in [0.29, 0.717) is 13.2 Å². The van der Waals surface area contributed by atoms with Gasteiger partial charge in [-0.15, -0.1) is 0 Å². The maximum Gasteiger partial charge on any atom is 0.223 e. The fourth-order valence-electron chi connectivity index (χ4n) is 3.53. The van der Waals surface area contributed by atoms with Crippen LogP contribution >= 0.6 is 0 Å². The zero-order valence-electron chi connectivity index (χ0n) is 16.7. The summed E-state index contributed by atoms with van der Waals surface area (Å²) in [6.07, 6.45) is 2.00. The number of aryl methyl sites for hydroxylation is 1. The third-order valence-corrected chi connectivity index (χ3v) is 5.51. The highest BCUT2D eigenvalue weighted by molar-refractivity contribution is 5.81. The molecule has 4 rings (SSSR count). The van der Waals surface area contributed by atoms with E-state index >= 15 is 0 Å². The molecule has 2 aromatic carbocycles. The van der Waals surface area contributed by atoms with Gasteiger partial charge in [0.25, 0.3) is 0 Å². The molecule has 5 heteroatoms. The average Bonchev–Trinajstić information content (AvgIpc) is 3.47. The van der Waals surface area contributed by atoms with E-state index in [4.69, 9.17) is 9.72 Å². The van der Waals surface area contributed by atoms with Crippen LogP contribution in [0.5, 0.6) is 5.75 Å². The lowest BCUT2D eigenvalue weighted by molar-refractivity contribution is -0.123. The maximum absolute atomic E-state index is 12.2. The lowest BCUT2D eigenvalue weighted by Gasteiger charge is -2.17. The van der Waals surface area contributed by atoms with Crippen molar-refractivity contribution in [3.63, 3.8) is 0 Å². The first-order valence-corrected chi connectivity index (χ1v) is 9.99. The normalized spacial score (nSPS) is 14.8. The molecule has 5 nitrogen and oxygen atoms in total. The molecular weight excluding hydrogens is 350 g/mol. The first kappa shape index (κ1) is 18.5. The summed E-state index contributed by atoms with van der Waals surface area (Å²) in [5, 5.41) is 3.12. The van der Waals surface area contributed by atoms with E-state index in [2.05, 4.69) is 35.9 Å². The number of ether oxygens (including phenoxy) is 1. The Hall–Kier alpha value is -2.82. The van der Waals surface area contributed by atoms with Gasteiger partial charge in [-0.25, -0.2) is 4.98 Å². The number of benzene rings is 2. The predicted molar refractivity (Wildman–Crippen MR) is 110 cm³/mol. The van der Waals surface area contributed by atoms with Gasteiger partial charge < -0.3 is 14.6 Å². The lowest BCUT2D eigenvalue weighted by atomic mass is 10.1. The summed E-state index contributed by atoms with van der Waals surface area (Å²) in [7, 11) is 0. The summed E-state index contributed by atoms with van der Waals surface area (Å²) in [5.74, 6) is 2.12. The molecule has 28 heavy (non-hydrogen) atoms. The number of amides is 1. The van der Waals surface area contributed by atoms with Crippen LogP contribution in [0.4, 0.5) is 0 Å². The molecule has 1 aliphatic rings. The molecule has 1 unspecified atom stereocenters. The summed E-state index contributed by atoms with van der Waals surface area (Å²) in [6, 6.07) is 14.1. The Morgan fingerprint density at radius 1 is 1.21 bits per heavy atom. The van der Waals surface area contributed by atoms with Gasteiger partial charge in [0.1, 0.15) is 18.2 Å². The summed E-state index contributed by atoms with van der Waals surface area (Å²) in [5.41, 5.74) is 4.40. The van der Waals surface area contributed by atoms with Gasteiger partial charge in [-0.3, -0.25) is 4.79 Å². The van der Waals surface area contributed by atoms with E-state index in [1.807, 2.05) is 37.3 Å². The molecule has 0 saturated heterocycles. The summed E-state index contributed by atoms with van der Waals surface area (Å²) in [4.78, 5) is 17.0. The van der Waals surface area contributed by atoms with Crippen molar-refractivity contribution in [1.82, 2.24) is 14.9 Å². The quantitative estimate of drug-likeness (QED) is 0.667. The summed E-state index contributed by atoms with van der Waals surface area (Å²) < 4.78 is 8.23. The van der Waals surface area contributed by atoms with Crippen molar-refractivity contribution in [2.45, 2.75) is 46.2 Å². The third kappa shape index (κ3) is 3.75. The Morgan fingerprint density at radius 3 is 2.79 bits per heavy atom. The fourth-order valence-corrected chi connectivity index (χ4v) is 3.53. The van der Waals surface area contributed by atoms with Crippen molar-refractivity contribution in [2.75, 3.05) is 6.61 Å². The zero-order valence-corrected chi connectivity index (χ0v) is 16.7. The van der Waals surface area contributed by atoms with Crippen LogP contribution in [0, 0.1) is 19.8 Å². The van der Waals surface area contributed by atoms with Crippen LogP contribution in [0.1, 0.15) is 42.8 Å². The highest BCUT2D eigenvalue weighted by Crippen LogP contribution is 2.30. The number of hydrogen-bond acceptors (Lipinski definition) is 3. The van der Waals surface area contributed by atoms with Crippen LogP contribution in [0.15, 0.2) is 42.5 Å². The Balaban J connectivity index is 1.54. The minimum atomic E-state index is -0.138. The maximum atomic E-state index is 12.2. The van der Waals surface area contributed by atoms with Gasteiger partial charge in [0, 0.05) is 5.92 Å². The topological polar surface area (TPSA) is 56.1 Å². The monoisotopic (exact) mass is 377 g/mol. The SMILES string of the molecule is Cc1cccc(OCCn2c(C(C)NC(=O)C3CC3)nc3ccccc32)c1C. The number of hydrogen-bond donors (Lipinski definition) is 1. The minimum Gasteiger partial charge on any atom is -0.491 e. The van der Waals surface area contributed by atoms with E-state index in [9.17, 15) is 4.79 Å². The molecule has 1 saturated carbocycles. The number of imidazole rings is 1. The molecule has 1 amide bonds. The van der Waals surface area contributed by atoms with Crippen molar-refractivity contribution in [1.29, 1.82) is 0 Å². The first-order chi connectivity index (χ1) is 13.5. The zero-order chi connectivity index (χ0) is 19.7. The Bertz CT molecular complexity index is 1000. The van der Waals surface area contributed by atoms with E-state index in [1.165, 1.54) is 11.1 Å². The van der Waals surface area contributed by atoms with Crippen LogP contribution in [0.2, 0.25) is 0 Å². The largest absolute Gasteiger partial charge is 0.491 e. The second-order valence-corrected chi connectivity index (χ2v) is 7.66. The molecule has 0 bridgehead atoms. The van der Waals surface area contributed by atoms with Gasteiger partial charge in [0.15, 0.2) is 0 Å². The molecule has 1 aliphatic carbocycles. The standard InChI is InChI=1S/C23H27N3O2/c1-15-7-6-10-21(16(15)2)28-14-13-26-20-9-5-4-8-19(20)25-22(26)17(3)24-23(27)18-11-12-18/h4-10,17-18H,11-14H2,1-3H3,(H,24,27). The van der Waals surface area contributed by atoms with Crippen LogP contribution < -0.4 is 10.1 Å². The summed E-state index contributed by atoms with van der Waals surface area (Å²) in [6.45, 7) is 7.39. The van der Waals surface area contributed by atoms with Gasteiger partial charge in [0.05, 0.1) is 23.6 Å². The molecule has 1 fully saturated rings. The molecular formula is C23H27N3O2. The molecule has 146 valence electrons. The molecule has 0 aliphatic heterocycles. The third-order valence-electron chi connectivity index (χ3n) is 5.51. The van der Waals surface area contributed by atoms with E-state index < -0.39 is 0 Å². The molecule has 1 N–H and O–H groups in total. The van der Waals surface area contributed by atoms with Crippen molar-refractivity contribution in [2.24, 2.45) is 5.92 Å². The Labute approximate surface area is 165 Å². The van der Waals surface area contributed by atoms with Crippen molar-refractivity contribution in [3.05, 3.63) is 59.4 Å². The van der Waals surface area contributed by atoms with Crippen molar-refractivity contribution >= 4 is 16.9 Å². The number of carbonyl (C=O) groups is 1. The molecule has 1 atom stereocenters. The number of nitrogens with zero attached hydrogens (tertiary/aromatic N) is 2. The number of aromatic nitrogens is 2. The first-order valence-electron chi connectivity index (χ1n) is 9.99. The van der Waals surface area contributed by atoms with Gasteiger partial charge in [0.2, 0.25) is 5.91 Å². The van der Waals surface area contributed by atoms with Gasteiger partial charge in [-0.05, 0) is 62.9 Å². The number of carbonyl (C=O) groups excluding carboxylic acids is 1. The van der Waals surface area contributed by atoms with Crippen LogP contribution in [-0.4, -0.2) is 22.1 Å². The van der Waals surface area contributed by atoms with Gasteiger partial charge in [-0.1, -0.05) is 24.3 Å². The van der Waals surface area contributed by atoms with Crippen molar-refractivity contribution in [3.8, 4) is 5.75 Å². The molecule has 3 aromatic rings. The van der Waals surface area contributed by atoms with E-state index in [-0.39, 0.29) is 17.9 Å². The van der Waals surface area contributed by atoms with Crippen LogP contribution in [0.25, 0.3) is 11.0 Å². The highest BCUT2D eigenvalue weighted by atomic mass is 16.5. The van der Waals surface area contributed by atoms with Crippen LogP contribution in [0.3, 0.4) is 0 Å². The van der Waals surface area contributed by atoms with Gasteiger partial charge >= 0.3 is 0 Å². The molecule has 1 heterocycles. The second-order valence-electron chi connectivity index (χ2n) is 7.66. The smallest absolute Gasteiger partial charge is 0.223 e. The molecule has 0 radical (unpaired) electrons. The molecule has 1 aromatic heterocycles. The second kappa shape index (κ2) is 7.66. The van der Waals surface area contributed by atoms with Crippen molar-refractivity contribution < 1.29 is 9.53 Å². The number of rotatable bonds is 7. The number of fused-ring (bicyclic) bond motifs is 1. The van der Waals surface area contributed by atoms with E-state index in [1.54, 1.807) is 0 Å². The van der Waals surface area contributed by atoms with Crippen LogP contribution in [-0.2, 0) is 11.3 Å². The lowest BCUT2D eigenvalue weighted by Crippen LogP contribution is -2.30. The van der Waals surface area contributed by atoms with E-state index in [0.717, 1.165) is 35.4 Å². The average molecular weight is 377 g/mol. The number of nitrogens with one attached hydrogen (secondary N) is 1. The molecule has 0 spiro atoms. The minimum absolute atomic E-state index is 0.137. The number of para-hydroxylation sites is 2. The Kier molecular flexibility index (Phi) is 5.07. The fraction of sp³-hybridized carbons (Fsp3) is 0.391. The highest BCUT2D eigenvalue weighted by Gasteiger charge is 2.31. The van der Waals surface area contributed by atoms with Gasteiger partial charge in [-0.2, -0.15) is 0 Å². The predicted octanol–water partition coefficient (Wildman–Crippen LogP) is 4.32. The summed E-state index contributed by atoms with van der Waals surface area (Å²) >= 11 is 0. The Morgan fingerprint density at radius 2 is 2.00 bits per heavy atom.